The zero-order chi connectivity index (χ0) is 15.0. The molecule has 2 nitrogen and oxygen atoms in total. The van der Waals surface area contributed by atoms with Gasteiger partial charge in [0.1, 0.15) is 0 Å². The van der Waals surface area contributed by atoms with Gasteiger partial charge in [0.2, 0.25) is 0 Å². The van der Waals surface area contributed by atoms with E-state index in [0.717, 1.165) is 13.0 Å². The quantitative estimate of drug-likeness (QED) is 0.727. The molecule has 0 spiro atoms. The minimum absolute atomic E-state index is 0.114. The van der Waals surface area contributed by atoms with Crippen LogP contribution in [0.25, 0.3) is 21.8 Å². The van der Waals surface area contributed by atoms with Crippen LogP contribution in [0.2, 0.25) is 0 Å². The number of aryl methyl sites for hydroxylation is 1. The molecule has 1 aromatic heterocycles. The van der Waals surface area contributed by atoms with Crippen LogP contribution in [0, 0.1) is 5.92 Å². The van der Waals surface area contributed by atoms with Crippen LogP contribution in [0.15, 0.2) is 42.5 Å². The topological polar surface area (TPSA) is 30.9 Å². The van der Waals surface area contributed by atoms with Crippen LogP contribution in [0.1, 0.15) is 38.8 Å². The van der Waals surface area contributed by atoms with E-state index in [2.05, 4.69) is 67.8 Å². The summed E-state index contributed by atoms with van der Waals surface area (Å²) in [6.07, 6.45) is 1.11. The molecule has 1 unspecified atom stereocenters. The van der Waals surface area contributed by atoms with E-state index in [1.807, 2.05) is 0 Å². The Morgan fingerprint density at radius 2 is 1.71 bits per heavy atom. The van der Waals surface area contributed by atoms with Crippen molar-refractivity contribution >= 4 is 21.8 Å². The highest BCUT2D eigenvalue weighted by molar-refractivity contribution is 6.08. The minimum Gasteiger partial charge on any atom is -0.341 e. The predicted octanol–water partition coefficient (Wildman–Crippen LogP) is 4.86. The second-order valence-corrected chi connectivity index (χ2v) is 5.95. The molecule has 2 N–H and O–H groups in total. The third-order valence-corrected chi connectivity index (χ3v) is 4.75. The fourth-order valence-electron chi connectivity index (χ4n) is 3.20. The highest BCUT2D eigenvalue weighted by atomic mass is 15.0. The molecule has 0 radical (unpaired) electrons. The SMILES string of the molecule is CCC(C)[C@H](N)c1ccc2c(c1)c1ccccc1n2CC. The average molecular weight is 280 g/mol. The number of hydrogen-bond acceptors (Lipinski definition) is 1. The fraction of sp³-hybridized carbons (Fsp3) is 0.368. The van der Waals surface area contributed by atoms with Crippen LogP contribution in [0.4, 0.5) is 0 Å². The Balaban J connectivity index is 2.24. The molecule has 0 bridgehead atoms. The van der Waals surface area contributed by atoms with E-state index in [1.54, 1.807) is 0 Å². The van der Waals surface area contributed by atoms with Gasteiger partial charge in [0.05, 0.1) is 0 Å². The van der Waals surface area contributed by atoms with Crippen molar-refractivity contribution in [1.29, 1.82) is 0 Å². The summed E-state index contributed by atoms with van der Waals surface area (Å²) in [6.45, 7) is 7.61. The number of aromatic nitrogens is 1. The Morgan fingerprint density at radius 3 is 2.43 bits per heavy atom. The van der Waals surface area contributed by atoms with Crippen molar-refractivity contribution in [2.24, 2.45) is 11.7 Å². The molecule has 0 saturated heterocycles. The van der Waals surface area contributed by atoms with Gasteiger partial charge in [-0.3, -0.25) is 0 Å². The molecule has 2 aromatic carbocycles. The van der Waals surface area contributed by atoms with Gasteiger partial charge < -0.3 is 10.3 Å². The average Bonchev–Trinajstić information content (AvgIpc) is 2.86. The van der Waals surface area contributed by atoms with Crippen molar-refractivity contribution in [1.82, 2.24) is 4.57 Å². The predicted molar refractivity (Wildman–Crippen MR) is 91.5 cm³/mol. The zero-order valence-corrected chi connectivity index (χ0v) is 13.1. The number of para-hydroxylation sites is 1. The van der Waals surface area contributed by atoms with Crippen LogP contribution in [0.3, 0.4) is 0 Å². The lowest BCUT2D eigenvalue weighted by molar-refractivity contribution is 0.457. The lowest BCUT2D eigenvalue weighted by Gasteiger charge is -2.19. The highest BCUT2D eigenvalue weighted by Gasteiger charge is 2.15. The van der Waals surface area contributed by atoms with Gasteiger partial charge in [0, 0.05) is 34.4 Å². The standard InChI is InChI=1S/C19H24N2/c1-4-13(3)19(20)14-10-11-18-16(12-14)15-8-6-7-9-17(15)21(18)5-2/h6-13,19H,4-5,20H2,1-3H3/t13?,19-/m0/s1. The van der Waals surface area contributed by atoms with Crippen LogP contribution >= 0.6 is 0 Å². The summed E-state index contributed by atoms with van der Waals surface area (Å²) in [7, 11) is 0. The maximum absolute atomic E-state index is 6.42. The van der Waals surface area contributed by atoms with Crippen LogP contribution < -0.4 is 5.73 Å². The Hall–Kier alpha value is -1.80. The molecule has 21 heavy (non-hydrogen) atoms. The largest absolute Gasteiger partial charge is 0.341 e. The minimum atomic E-state index is 0.114. The van der Waals surface area contributed by atoms with Gasteiger partial charge in [-0.05, 0) is 36.6 Å². The maximum Gasteiger partial charge on any atom is 0.0491 e. The van der Waals surface area contributed by atoms with Gasteiger partial charge in [-0.1, -0.05) is 44.5 Å². The molecular formula is C19H24N2. The van der Waals surface area contributed by atoms with Gasteiger partial charge in [0.15, 0.2) is 0 Å². The van der Waals surface area contributed by atoms with E-state index >= 15 is 0 Å². The first kappa shape index (κ1) is 14.2. The lowest BCUT2D eigenvalue weighted by atomic mass is 9.92. The summed E-state index contributed by atoms with van der Waals surface area (Å²) in [5.41, 5.74) is 10.3. The van der Waals surface area contributed by atoms with Crippen molar-refractivity contribution in [3.63, 3.8) is 0 Å². The summed E-state index contributed by atoms with van der Waals surface area (Å²) in [5.74, 6) is 0.502. The smallest absolute Gasteiger partial charge is 0.0491 e. The van der Waals surface area contributed by atoms with Crippen molar-refractivity contribution in [2.75, 3.05) is 0 Å². The van der Waals surface area contributed by atoms with Gasteiger partial charge in [-0.15, -0.1) is 0 Å². The van der Waals surface area contributed by atoms with Crippen molar-refractivity contribution in [3.05, 3.63) is 48.0 Å². The molecule has 3 aromatic rings. The number of benzene rings is 2. The first-order chi connectivity index (χ1) is 10.2. The molecule has 0 aliphatic heterocycles. The monoisotopic (exact) mass is 280 g/mol. The molecule has 0 aliphatic rings. The van der Waals surface area contributed by atoms with Crippen LogP contribution in [-0.4, -0.2) is 4.57 Å². The Bertz CT molecular complexity index is 770. The fourth-order valence-corrected chi connectivity index (χ4v) is 3.20. The van der Waals surface area contributed by atoms with Crippen molar-refractivity contribution < 1.29 is 0 Å². The molecule has 0 aliphatic carbocycles. The van der Waals surface area contributed by atoms with E-state index in [0.29, 0.717) is 5.92 Å². The summed E-state index contributed by atoms with van der Waals surface area (Å²) < 4.78 is 2.38. The summed E-state index contributed by atoms with van der Waals surface area (Å²) in [5, 5.41) is 2.65. The number of nitrogens with zero attached hydrogens (tertiary/aromatic N) is 1. The molecule has 2 atom stereocenters. The van der Waals surface area contributed by atoms with Gasteiger partial charge in [-0.25, -0.2) is 0 Å². The van der Waals surface area contributed by atoms with Gasteiger partial charge >= 0.3 is 0 Å². The number of hydrogen-bond donors (Lipinski definition) is 1. The van der Waals surface area contributed by atoms with E-state index in [9.17, 15) is 0 Å². The number of nitrogens with two attached hydrogens (primary N) is 1. The zero-order valence-electron chi connectivity index (χ0n) is 13.1. The third-order valence-electron chi connectivity index (χ3n) is 4.75. The normalized spacial score (nSPS) is 14.7. The van der Waals surface area contributed by atoms with Crippen LogP contribution in [-0.2, 0) is 6.54 Å². The summed E-state index contributed by atoms with van der Waals surface area (Å²) in [6, 6.07) is 15.5. The molecular weight excluding hydrogens is 256 g/mol. The first-order valence-corrected chi connectivity index (χ1v) is 7.93. The second-order valence-electron chi connectivity index (χ2n) is 5.95. The third kappa shape index (κ3) is 2.24. The maximum atomic E-state index is 6.42. The van der Waals surface area contributed by atoms with E-state index in [1.165, 1.54) is 27.4 Å². The molecule has 110 valence electrons. The van der Waals surface area contributed by atoms with E-state index in [4.69, 9.17) is 5.73 Å². The molecule has 1 heterocycles. The summed E-state index contributed by atoms with van der Waals surface area (Å²) in [4.78, 5) is 0. The summed E-state index contributed by atoms with van der Waals surface area (Å²) >= 11 is 0. The van der Waals surface area contributed by atoms with E-state index in [-0.39, 0.29) is 6.04 Å². The van der Waals surface area contributed by atoms with Crippen LogP contribution in [0.5, 0.6) is 0 Å². The Kier molecular flexibility index (Phi) is 3.73. The lowest BCUT2D eigenvalue weighted by Crippen LogP contribution is -2.18. The number of rotatable bonds is 4. The first-order valence-electron chi connectivity index (χ1n) is 7.93. The Labute approximate surface area is 126 Å². The molecule has 2 heteroatoms. The number of fused-ring (bicyclic) bond motifs is 3. The molecule has 0 saturated carbocycles. The van der Waals surface area contributed by atoms with Gasteiger partial charge in [0.25, 0.3) is 0 Å². The Morgan fingerprint density at radius 1 is 1.00 bits per heavy atom. The molecule has 0 amide bonds. The highest BCUT2D eigenvalue weighted by Crippen LogP contribution is 2.32. The molecule has 3 rings (SSSR count). The van der Waals surface area contributed by atoms with Gasteiger partial charge in [-0.2, -0.15) is 0 Å². The van der Waals surface area contributed by atoms with Crippen molar-refractivity contribution in [2.45, 2.75) is 39.8 Å². The second kappa shape index (κ2) is 5.53. The molecule has 0 fully saturated rings. The van der Waals surface area contributed by atoms with E-state index < -0.39 is 0 Å². The van der Waals surface area contributed by atoms with Crippen molar-refractivity contribution in [3.8, 4) is 0 Å².